The van der Waals surface area contributed by atoms with Crippen molar-refractivity contribution < 1.29 is 34.4 Å². The van der Waals surface area contributed by atoms with E-state index in [2.05, 4.69) is 0 Å². The summed E-state index contributed by atoms with van der Waals surface area (Å²) in [6.07, 6.45) is 0. The average molecular weight is 328 g/mol. The Balaban J connectivity index is 2.38. The van der Waals surface area contributed by atoms with Crippen LogP contribution < -0.4 is 4.74 Å². The summed E-state index contributed by atoms with van der Waals surface area (Å²) >= 11 is 0. The lowest BCUT2D eigenvalue weighted by Gasteiger charge is -2.21. The zero-order chi connectivity index (χ0) is 17.8. The predicted molar refractivity (Wildman–Crippen MR) is 81.3 cm³/mol. The number of carbonyl (C=O) groups is 3. The molecular formula is C17H12O7. The van der Waals surface area contributed by atoms with Crippen molar-refractivity contribution in [2.45, 2.75) is 6.92 Å². The number of aryl methyl sites for hydroxylation is 1. The summed E-state index contributed by atoms with van der Waals surface area (Å²) in [7, 11) is 1.35. The molecular weight excluding hydrogens is 316 g/mol. The molecule has 0 unspecified atom stereocenters. The largest absolute Gasteiger partial charge is 0.507 e. The van der Waals surface area contributed by atoms with E-state index in [-0.39, 0.29) is 28.0 Å². The number of hydrogen-bond donors (Lipinski definition) is 3. The van der Waals surface area contributed by atoms with Gasteiger partial charge in [-0.2, -0.15) is 0 Å². The fraction of sp³-hybridized carbons (Fsp3) is 0.118. The first-order valence-corrected chi connectivity index (χ1v) is 6.88. The third kappa shape index (κ3) is 1.95. The number of phenols is 2. The Kier molecular flexibility index (Phi) is 3.30. The molecule has 0 bridgehead atoms. The van der Waals surface area contributed by atoms with Crippen molar-refractivity contribution in [3.63, 3.8) is 0 Å². The maximum atomic E-state index is 12.7. The van der Waals surface area contributed by atoms with Gasteiger partial charge in [-0.15, -0.1) is 0 Å². The topological polar surface area (TPSA) is 121 Å². The van der Waals surface area contributed by atoms with Crippen molar-refractivity contribution in [3.05, 3.63) is 51.6 Å². The van der Waals surface area contributed by atoms with Gasteiger partial charge in [0.1, 0.15) is 22.8 Å². The molecule has 0 spiro atoms. The quantitative estimate of drug-likeness (QED) is 0.656. The standard InChI is InChI=1S/C17H12O7/c1-6-3-8-13(15(20)11(6)17(22)23)16(21)12-9(14(8)19)4-7(24-2)5-10(12)18/h3-5,18,20H,1-2H3,(H,22,23). The molecule has 0 saturated heterocycles. The van der Waals surface area contributed by atoms with Crippen LogP contribution in [0.2, 0.25) is 0 Å². The predicted octanol–water partition coefficient (Wildman–Crippen LogP) is 1.89. The highest BCUT2D eigenvalue weighted by Crippen LogP contribution is 2.40. The summed E-state index contributed by atoms with van der Waals surface area (Å²) in [5, 5.41) is 29.5. The van der Waals surface area contributed by atoms with Crippen molar-refractivity contribution in [1.29, 1.82) is 0 Å². The number of aromatic hydroxyl groups is 2. The molecule has 0 fully saturated rings. The van der Waals surface area contributed by atoms with Crippen molar-refractivity contribution in [1.82, 2.24) is 0 Å². The first kappa shape index (κ1) is 15.5. The molecule has 0 radical (unpaired) electrons. The Hall–Kier alpha value is -3.35. The van der Waals surface area contributed by atoms with Gasteiger partial charge in [0.05, 0.1) is 18.2 Å². The lowest BCUT2D eigenvalue weighted by atomic mass is 9.81. The van der Waals surface area contributed by atoms with Crippen LogP contribution in [0.5, 0.6) is 17.2 Å². The van der Waals surface area contributed by atoms with Gasteiger partial charge >= 0.3 is 5.97 Å². The molecule has 0 atom stereocenters. The number of benzene rings is 2. The number of hydrogen-bond acceptors (Lipinski definition) is 6. The van der Waals surface area contributed by atoms with E-state index < -0.39 is 40.2 Å². The number of methoxy groups -OCH3 is 1. The molecule has 1 aliphatic carbocycles. The number of ketones is 2. The lowest BCUT2D eigenvalue weighted by Crippen LogP contribution is -2.23. The molecule has 0 amide bonds. The number of aromatic carboxylic acids is 1. The third-order valence-electron chi connectivity index (χ3n) is 3.98. The molecule has 0 aliphatic heterocycles. The highest BCUT2D eigenvalue weighted by molar-refractivity contribution is 6.31. The zero-order valence-electron chi connectivity index (χ0n) is 12.7. The van der Waals surface area contributed by atoms with Crippen molar-refractivity contribution >= 4 is 17.5 Å². The van der Waals surface area contributed by atoms with Gasteiger partial charge in [-0.1, -0.05) is 0 Å². The van der Waals surface area contributed by atoms with Gasteiger partial charge in [0.15, 0.2) is 5.78 Å². The van der Waals surface area contributed by atoms with E-state index in [9.17, 15) is 29.7 Å². The summed E-state index contributed by atoms with van der Waals surface area (Å²) in [5.41, 5.74) is -1.19. The maximum absolute atomic E-state index is 12.7. The number of rotatable bonds is 2. The smallest absolute Gasteiger partial charge is 0.339 e. The zero-order valence-corrected chi connectivity index (χ0v) is 12.7. The SMILES string of the molecule is COc1cc(O)c2c(c1)C(=O)c1cc(C)c(C(=O)O)c(O)c1C2=O. The Morgan fingerprint density at radius 2 is 1.62 bits per heavy atom. The second kappa shape index (κ2) is 5.09. The van der Waals surface area contributed by atoms with Crippen molar-refractivity contribution in [3.8, 4) is 17.2 Å². The molecule has 2 aromatic rings. The lowest BCUT2D eigenvalue weighted by molar-refractivity contribution is 0.0692. The summed E-state index contributed by atoms with van der Waals surface area (Å²) in [5.74, 6) is -3.91. The first-order valence-electron chi connectivity index (χ1n) is 6.88. The third-order valence-corrected chi connectivity index (χ3v) is 3.98. The molecule has 7 nitrogen and oxygen atoms in total. The molecule has 0 aromatic heterocycles. The fourth-order valence-corrected chi connectivity index (χ4v) is 2.89. The number of fused-ring (bicyclic) bond motifs is 2. The molecule has 1 aliphatic rings. The Morgan fingerprint density at radius 3 is 2.21 bits per heavy atom. The summed E-state index contributed by atoms with van der Waals surface area (Å²) in [6.45, 7) is 1.42. The monoisotopic (exact) mass is 328 g/mol. The van der Waals surface area contributed by atoms with Crippen LogP contribution >= 0.6 is 0 Å². The summed E-state index contributed by atoms with van der Waals surface area (Å²) in [4.78, 5) is 36.6. The second-order valence-electron chi connectivity index (χ2n) is 5.37. The van der Waals surface area contributed by atoms with Crippen LogP contribution in [0.1, 0.15) is 47.8 Å². The molecule has 2 aromatic carbocycles. The number of phenolic OH excluding ortho intramolecular Hbond substituents is 1. The minimum absolute atomic E-state index is 0.0637. The van der Waals surface area contributed by atoms with Gasteiger partial charge in [0.2, 0.25) is 5.78 Å². The maximum Gasteiger partial charge on any atom is 0.339 e. The van der Waals surface area contributed by atoms with E-state index in [1.54, 1.807) is 0 Å². The minimum atomic E-state index is -1.42. The van der Waals surface area contributed by atoms with Gasteiger partial charge in [0, 0.05) is 17.2 Å². The molecule has 0 saturated carbocycles. The van der Waals surface area contributed by atoms with Crippen molar-refractivity contribution in [2.75, 3.05) is 7.11 Å². The number of carboxylic acid groups (broad SMARTS) is 1. The summed E-state index contributed by atoms with van der Waals surface area (Å²) in [6, 6.07) is 3.73. The van der Waals surface area contributed by atoms with E-state index >= 15 is 0 Å². The number of carbonyl (C=O) groups excluding carboxylic acids is 2. The van der Waals surface area contributed by atoms with Crippen LogP contribution in [0.25, 0.3) is 0 Å². The molecule has 122 valence electrons. The van der Waals surface area contributed by atoms with Crippen LogP contribution in [0, 0.1) is 6.92 Å². The van der Waals surface area contributed by atoms with E-state index in [4.69, 9.17) is 4.74 Å². The normalized spacial score (nSPS) is 12.6. The fourth-order valence-electron chi connectivity index (χ4n) is 2.89. The van der Waals surface area contributed by atoms with E-state index in [0.717, 1.165) is 0 Å². The molecule has 24 heavy (non-hydrogen) atoms. The van der Waals surface area contributed by atoms with Crippen LogP contribution in [0.3, 0.4) is 0 Å². The Bertz CT molecular complexity index is 941. The summed E-state index contributed by atoms with van der Waals surface area (Å²) < 4.78 is 4.98. The van der Waals surface area contributed by atoms with Gasteiger partial charge in [-0.05, 0) is 24.6 Å². The van der Waals surface area contributed by atoms with Gasteiger partial charge in [-0.25, -0.2) is 4.79 Å². The second-order valence-corrected chi connectivity index (χ2v) is 5.37. The highest BCUT2D eigenvalue weighted by atomic mass is 16.5. The van der Waals surface area contributed by atoms with Gasteiger partial charge in [-0.3, -0.25) is 9.59 Å². The Labute approximate surface area is 135 Å². The molecule has 3 rings (SSSR count). The average Bonchev–Trinajstić information content (AvgIpc) is 2.50. The first-order chi connectivity index (χ1) is 11.3. The van der Waals surface area contributed by atoms with Crippen LogP contribution in [0.4, 0.5) is 0 Å². The van der Waals surface area contributed by atoms with E-state index in [1.807, 2.05) is 0 Å². The number of ether oxygens (including phenoxy) is 1. The van der Waals surface area contributed by atoms with E-state index in [0.29, 0.717) is 0 Å². The van der Waals surface area contributed by atoms with E-state index in [1.165, 1.54) is 32.2 Å². The molecule has 3 N–H and O–H groups in total. The minimum Gasteiger partial charge on any atom is -0.507 e. The number of carboxylic acids is 1. The molecule has 7 heteroatoms. The van der Waals surface area contributed by atoms with Crippen LogP contribution in [-0.4, -0.2) is 40.0 Å². The van der Waals surface area contributed by atoms with Crippen molar-refractivity contribution in [2.24, 2.45) is 0 Å². The van der Waals surface area contributed by atoms with Gasteiger partial charge < -0.3 is 20.1 Å². The molecule has 0 heterocycles. The van der Waals surface area contributed by atoms with Crippen LogP contribution in [0.15, 0.2) is 18.2 Å². The Morgan fingerprint density at radius 1 is 1.00 bits per heavy atom. The van der Waals surface area contributed by atoms with Crippen LogP contribution in [-0.2, 0) is 0 Å². The highest BCUT2D eigenvalue weighted by Gasteiger charge is 2.37. The van der Waals surface area contributed by atoms with Gasteiger partial charge in [0.25, 0.3) is 0 Å².